The van der Waals surface area contributed by atoms with Gasteiger partial charge in [0.15, 0.2) is 5.84 Å². The number of hydrogen-bond acceptors (Lipinski definition) is 3. The molecule has 1 aromatic carbocycles. The molecule has 100 valence electrons. The summed E-state index contributed by atoms with van der Waals surface area (Å²) in [5.74, 6) is 0.244. The van der Waals surface area contributed by atoms with E-state index >= 15 is 0 Å². The Morgan fingerprint density at radius 1 is 1.39 bits per heavy atom. The molecule has 0 aromatic heterocycles. The second kappa shape index (κ2) is 6.40. The number of hydrogen-bond donors (Lipinski definition) is 2. The second-order valence-corrected chi connectivity index (χ2v) is 5.02. The molecule has 0 radical (unpaired) electrons. The summed E-state index contributed by atoms with van der Waals surface area (Å²) in [5.41, 5.74) is 9.40. The molecule has 0 saturated carbocycles. The van der Waals surface area contributed by atoms with Gasteiger partial charge in [-0.2, -0.15) is 0 Å². The number of nitrogens with zero attached hydrogens (tertiary/aromatic N) is 2. The Bertz CT molecular complexity index is 427. The molecular weight excluding hydrogens is 226 g/mol. The van der Waals surface area contributed by atoms with Crippen LogP contribution in [0.3, 0.4) is 0 Å². The molecule has 0 atom stereocenters. The fraction of sp³-hybridized carbons (Fsp3) is 0.500. The minimum Gasteiger partial charge on any atom is -0.409 e. The van der Waals surface area contributed by atoms with Gasteiger partial charge in [0.05, 0.1) is 6.54 Å². The lowest BCUT2D eigenvalue weighted by atomic mass is 10.0. The highest BCUT2D eigenvalue weighted by molar-refractivity contribution is 5.81. The molecule has 0 aliphatic rings. The third-order valence-corrected chi connectivity index (χ3v) is 3.10. The third kappa shape index (κ3) is 4.04. The van der Waals surface area contributed by atoms with Crippen LogP contribution in [0.1, 0.15) is 30.5 Å². The van der Waals surface area contributed by atoms with Crippen molar-refractivity contribution < 1.29 is 5.21 Å². The van der Waals surface area contributed by atoms with Gasteiger partial charge >= 0.3 is 0 Å². The average Bonchev–Trinajstić information content (AvgIpc) is 2.32. The standard InChI is InChI=1S/C14H23N3O/c1-10(2)17(9-14(15)16-18)8-13-7-11(3)5-6-12(13)4/h5-7,10,18H,8-9H2,1-4H3,(H2,15,16). The summed E-state index contributed by atoms with van der Waals surface area (Å²) in [7, 11) is 0. The van der Waals surface area contributed by atoms with Gasteiger partial charge in [-0.15, -0.1) is 0 Å². The normalized spacial score (nSPS) is 12.4. The van der Waals surface area contributed by atoms with Crippen LogP contribution in [0.5, 0.6) is 0 Å². The highest BCUT2D eigenvalue weighted by atomic mass is 16.4. The van der Waals surface area contributed by atoms with Crippen LogP contribution in [0.15, 0.2) is 23.4 Å². The first-order valence-electron chi connectivity index (χ1n) is 6.20. The summed E-state index contributed by atoms with van der Waals surface area (Å²) in [6, 6.07) is 6.77. The highest BCUT2D eigenvalue weighted by Crippen LogP contribution is 2.14. The van der Waals surface area contributed by atoms with Gasteiger partial charge in [0.25, 0.3) is 0 Å². The molecule has 4 nitrogen and oxygen atoms in total. The highest BCUT2D eigenvalue weighted by Gasteiger charge is 2.13. The van der Waals surface area contributed by atoms with Gasteiger partial charge in [0, 0.05) is 12.6 Å². The topological polar surface area (TPSA) is 61.8 Å². The third-order valence-electron chi connectivity index (χ3n) is 3.10. The van der Waals surface area contributed by atoms with E-state index in [-0.39, 0.29) is 5.84 Å². The molecule has 1 aromatic rings. The fourth-order valence-corrected chi connectivity index (χ4v) is 1.85. The van der Waals surface area contributed by atoms with Crippen LogP contribution in [0.2, 0.25) is 0 Å². The van der Waals surface area contributed by atoms with Crippen molar-refractivity contribution in [3.63, 3.8) is 0 Å². The van der Waals surface area contributed by atoms with E-state index in [9.17, 15) is 0 Å². The van der Waals surface area contributed by atoms with Crippen molar-refractivity contribution in [2.75, 3.05) is 6.54 Å². The van der Waals surface area contributed by atoms with Crippen molar-refractivity contribution >= 4 is 5.84 Å². The van der Waals surface area contributed by atoms with Gasteiger partial charge in [-0.3, -0.25) is 4.90 Å². The SMILES string of the molecule is Cc1ccc(C)c(CN(CC(N)=NO)C(C)C)c1. The Balaban J connectivity index is 2.86. The zero-order valence-corrected chi connectivity index (χ0v) is 11.6. The van der Waals surface area contributed by atoms with Gasteiger partial charge in [-0.1, -0.05) is 28.9 Å². The van der Waals surface area contributed by atoms with Crippen LogP contribution in [0.4, 0.5) is 0 Å². The van der Waals surface area contributed by atoms with Crippen LogP contribution < -0.4 is 5.73 Å². The van der Waals surface area contributed by atoms with Gasteiger partial charge < -0.3 is 10.9 Å². The number of amidine groups is 1. The van der Waals surface area contributed by atoms with E-state index in [2.05, 4.69) is 55.9 Å². The number of aryl methyl sites for hydroxylation is 2. The maximum atomic E-state index is 8.67. The summed E-state index contributed by atoms with van der Waals surface area (Å²) >= 11 is 0. The zero-order chi connectivity index (χ0) is 13.7. The molecule has 0 spiro atoms. The monoisotopic (exact) mass is 249 g/mol. The number of benzene rings is 1. The Morgan fingerprint density at radius 2 is 2.06 bits per heavy atom. The van der Waals surface area contributed by atoms with Crippen LogP contribution in [-0.4, -0.2) is 28.5 Å². The van der Waals surface area contributed by atoms with E-state index in [4.69, 9.17) is 10.9 Å². The molecule has 3 N–H and O–H groups in total. The smallest absolute Gasteiger partial charge is 0.153 e. The Labute approximate surface area is 109 Å². The largest absolute Gasteiger partial charge is 0.409 e. The van der Waals surface area contributed by atoms with Gasteiger partial charge in [0.2, 0.25) is 0 Å². The molecule has 0 saturated heterocycles. The van der Waals surface area contributed by atoms with Crippen molar-refractivity contribution in [2.24, 2.45) is 10.9 Å². The molecule has 0 heterocycles. The van der Waals surface area contributed by atoms with E-state index in [1.54, 1.807) is 0 Å². The van der Waals surface area contributed by atoms with E-state index in [0.29, 0.717) is 12.6 Å². The Hall–Kier alpha value is -1.55. The maximum absolute atomic E-state index is 8.67. The summed E-state index contributed by atoms with van der Waals surface area (Å²) in [4.78, 5) is 2.18. The number of nitrogens with two attached hydrogens (primary N) is 1. The minimum absolute atomic E-state index is 0.244. The molecule has 1 rings (SSSR count). The fourth-order valence-electron chi connectivity index (χ4n) is 1.85. The van der Waals surface area contributed by atoms with Gasteiger partial charge in [-0.05, 0) is 38.8 Å². The average molecular weight is 249 g/mol. The van der Waals surface area contributed by atoms with Crippen molar-refractivity contribution in [1.29, 1.82) is 0 Å². The first-order valence-corrected chi connectivity index (χ1v) is 6.20. The molecule has 0 amide bonds. The molecule has 4 heteroatoms. The second-order valence-electron chi connectivity index (χ2n) is 5.02. The van der Waals surface area contributed by atoms with Crippen molar-refractivity contribution in [1.82, 2.24) is 4.90 Å². The summed E-state index contributed by atoms with van der Waals surface area (Å²) in [6.45, 7) is 9.69. The lowest BCUT2D eigenvalue weighted by Crippen LogP contribution is -2.38. The van der Waals surface area contributed by atoms with Crippen LogP contribution in [0, 0.1) is 13.8 Å². The lowest BCUT2D eigenvalue weighted by molar-refractivity contribution is 0.238. The molecule has 0 aliphatic heterocycles. The Kier molecular flexibility index (Phi) is 5.16. The van der Waals surface area contributed by atoms with E-state index in [0.717, 1.165) is 6.54 Å². The van der Waals surface area contributed by atoms with E-state index in [1.807, 2.05) is 0 Å². The zero-order valence-electron chi connectivity index (χ0n) is 11.6. The first kappa shape index (κ1) is 14.5. The predicted molar refractivity (Wildman–Crippen MR) is 74.9 cm³/mol. The molecule has 0 fully saturated rings. The quantitative estimate of drug-likeness (QED) is 0.364. The Morgan fingerprint density at radius 3 is 2.61 bits per heavy atom. The molecule has 18 heavy (non-hydrogen) atoms. The van der Waals surface area contributed by atoms with Gasteiger partial charge in [-0.25, -0.2) is 0 Å². The van der Waals surface area contributed by atoms with Crippen LogP contribution in [0.25, 0.3) is 0 Å². The molecule has 0 aliphatic carbocycles. The van der Waals surface area contributed by atoms with Gasteiger partial charge in [0.1, 0.15) is 0 Å². The van der Waals surface area contributed by atoms with E-state index < -0.39 is 0 Å². The first-order chi connectivity index (χ1) is 8.43. The lowest BCUT2D eigenvalue weighted by Gasteiger charge is -2.26. The maximum Gasteiger partial charge on any atom is 0.153 e. The van der Waals surface area contributed by atoms with Crippen LogP contribution >= 0.6 is 0 Å². The minimum atomic E-state index is 0.244. The van der Waals surface area contributed by atoms with Crippen molar-refractivity contribution in [3.8, 4) is 0 Å². The molecule has 0 unspecified atom stereocenters. The number of oxime groups is 1. The van der Waals surface area contributed by atoms with Crippen LogP contribution in [-0.2, 0) is 6.54 Å². The van der Waals surface area contributed by atoms with Crippen molar-refractivity contribution in [2.45, 2.75) is 40.3 Å². The summed E-state index contributed by atoms with van der Waals surface area (Å²) in [5, 5.41) is 11.7. The molecule has 0 bridgehead atoms. The predicted octanol–water partition coefficient (Wildman–Crippen LogP) is 2.26. The van der Waals surface area contributed by atoms with Crippen molar-refractivity contribution in [3.05, 3.63) is 34.9 Å². The number of rotatable bonds is 5. The summed E-state index contributed by atoms with van der Waals surface area (Å²) in [6.07, 6.45) is 0. The summed E-state index contributed by atoms with van der Waals surface area (Å²) < 4.78 is 0. The van der Waals surface area contributed by atoms with E-state index in [1.165, 1.54) is 16.7 Å². The molecular formula is C14H23N3O.